The van der Waals surface area contributed by atoms with Crippen molar-refractivity contribution in [3.8, 4) is 0 Å². The van der Waals surface area contributed by atoms with Crippen LogP contribution in [0.3, 0.4) is 0 Å². The number of aromatic nitrogens is 3. The van der Waals surface area contributed by atoms with E-state index in [0.29, 0.717) is 0 Å². The molecule has 0 aromatic carbocycles. The van der Waals surface area contributed by atoms with Gasteiger partial charge in [0, 0.05) is 6.20 Å². The van der Waals surface area contributed by atoms with Gasteiger partial charge in [0.05, 0.1) is 11.9 Å². The molecular weight excluding hydrogens is 198 g/mol. The number of hydrogen-bond donors (Lipinski definition) is 0. The maximum atomic E-state index is 4.06. The molecule has 0 amide bonds. The Morgan fingerprint density at radius 1 is 1.38 bits per heavy atom. The molecule has 0 aliphatic heterocycles. The fourth-order valence-corrected chi connectivity index (χ4v) is 1.66. The van der Waals surface area contributed by atoms with Crippen molar-refractivity contribution in [3.05, 3.63) is 17.5 Å². The smallest absolute Gasteiger partial charge is 0.0729 e. The second-order valence-electron chi connectivity index (χ2n) is 5.02. The van der Waals surface area contributed by atoms with Gasteiger partial charge in [0.2, 0.25) is 0 Å². The van der Waals surface area contributed by atoms with Crippen molar-refractivity contribution in [2.75, 3.05) is 0 Å². The van der Waals surface area contributed by atoms with Gasteiger partial charge in [-0.3, -0.25) is 0 Å². The van der Waals surface area contributed by atoms with Gasteiger partial charge in [0.25, 0.3) is 0 Å². The first-order valence-electron chi connectivity index (χ1n) is 6.13. The zero-order valence-electron chi connectivity index (χ0n) is 10.9. The lowest BCUT2D eigenvalue weighted by atomic mass is 10.0. The Morgan fingerprint density at radius 3 is 2.75 bits per heavy atom. The molecule has 90 valence electrons. The molecule has 0 saturated carbocycles. The molecule has 0 N–H and O–H groups in total. The molecule has 0 unspecified atom stereocenters. The molecule has 0 saturated heterocycles. The summed E-state index contributed by atoms with van der Waals surface area (Å²) >= 11 is 0. The maximum Gasteiger partial charge on any atom is 0.0729 e. The van der Waals surface area contributed by atoms with Crippen LogP contribution in [0.4, 0.5) is 0 Å². The van der Waals surface area contributed by atoms with E-state index in [4.69, 9.17) is 0 Å². The maximum absolute atomic E-state index is 4.06. The van der Waals surface area contributed by atoms with Crippen LogP contribution in [0.25, 0.3) is 6.20 Å². The van der Waals surface area contributed by atoms with Crippen LogP contribution in [0, 0.1) is 5.92 Å². The average Bonchev–Trinajstić information content (AvgIpc) is 2.59. The summed E-state index contributed by atoms with van der Waals surface area (Å²) in [6, 6.07) is 0. The topological polar surface area (TPSA) is 30.7 Å². The van der Waals surface area contributed by atoms with Gasteiger partial charge in [0.1, 0.15) is 0 Å². The summed E-state index contributed by atoms with van der Waals surface area (Å²) < 4.78 is 1.89. The number of unbranched alkanes of at least 4 members (excludes halogenated alkanes) is 1. The highest BCUT2D eigenvalue weighted by Gasteiger charge is 2.02. The van der Waals surface area contributed by atoms with Crippen LogP contribution in [0.1, 0.15) is 52.7 Å². The Kier molecular flexibility index (Phi) is 5.23. The van der Waals surface area contributed by atoms with E-state index in [1.165, 1.54) is 30.5 Å². The number of nitrogens with zero attached hydrogens (tertiary/aromatic N) is 3. The van der Waals surface area contributed by atoms with Crippen LogP contribution in [-0.2, 0) is 6.42 Å². The number of allylic oxidation sites excluding steroid dienone is 1. The van der Waals surface area contributed by atoms with Crippen molar-refractivity contribution in [3.63, 3.8) is 0 Å². The summed E-state index contributed by atoms with van der Waals surface area (Å²) in [5.74, 6) is 0.806. The largest absolute Gasteiger partial charge is 0.225 e. The number of hydrogen-bond acceptors (Lipinski definition) is 2. The quantitative estimate of drug-likeness (QED) is 0.688. The predicted octanol–water partition coefficient (Wildman–Crippen LogP) is 3.53. The molecule has 0 fully saturated rings. The normalized spacial score (nSPS) is 10.8. The van der Waals surface area contributed by atoms with Crippen LogP contribution in [0.15, 0.2) is 11.8 Å². The summed E-state index contributed by atoms with van der Waals surface area (Å²) in [6.07, 6.45) is 8.80. The third-order valence-corrected chi connectivity index (χ3v) is 2.49. The highest BCUT2D eigenvalue weighted by molar-refractivity contribution is 5.28. The molecule has 0 aliphatic carbocycles. The minimum absolute atomic E-state index is 0.806. The van der Waals surface area contributed by atoms with Gasteiger partial charge < -0.3 is 0 Å². The Hall–Kier alpha value is -1.12. The summed E-state index contributed by atoms with van der Waals surface area (Å²) in [7, 11) is 0. The molecule has 0 aliphatic rings. The average molecular weight is 221 g/mol. The Labute approximate surface area is 98.6 Å². The molecule has 3 nitrogen and oxygen atoms in total. The number of aryl methyl sites for hydroxylation is 1. The van der Waals surface area contributed by atoms with E-state index in [2.05, 4.69) is 38.0 Å². The van der Waals surface area contributed by atoms with Crippen molar-refractivity contribution in [1.29, 1.82) is 0 Å². The summed E-state index contributed by atoms with van der Waals surface area (Å²) in [4.78, 5) is 0. The molecule has 0 atom stereocenters. The summed E-state index contributed by atoms with van der Waals surface area (Å²) in [5, 5.41) is 8.02. The van der Waals surface area contributed by atoms with Gasteiger partial charge in [0.15, 0.2) is 0 Å². The second-order valence-corrected chi connectivity index (χ2v) is 5.02. The predicted molar refractivity (Wildman–Crippen MR) is 68.0 cm³/mol. The lowest BCUT2D eigenvalue weighted by Crippen LogP contribution is -1.98. The van der Waals surface area contributed by atoms with E-state index in [9.17, 15) is 0 Å². The molecule has 0 bridgehead atoms. The first-order valence-corrected chi connectivity index (χ1v) is 6.13. The zero-order chi connectivity index (χ0) is 12.0. The van der Waals surface area contributed by atoms with Crippen LogP contribution < -0.4 is 0 Å². The molecule has 16 heavy (non-hydrogen) atoms. The van der Waals surface area contributed by atoms with E-state index in [0.717, 1.165) is 12.3 Å². The van der Waals surface area contributed by atoms with Gasteiger partial charge >= 0.3 is 0 Å². The SMILES string of the molecule is CC(C)=Cn1nncc1CCCCC(C)C. The minimum Gasteiger partial charge on any atom is -0.225 e. The van der Waals surface area contributed by atoms with E-state index in [-0.39, 0.29) is 0 Å². The van der Waals surface area contributed by atoms with Gasteiger partial charge in [-0.05, 0) is 32.6 Å². The molecule has 1 aromatic rings. The van der Waals surface area contributed by atoms with E-state index in [1.54, 1.807) is 0 Å². The van der Waals surface area contributed by atoms with Crippen molar-refractivity contribution in [2.45, 2.75) is 53.4 Å². The number of rotatable bonds is 6. The lowest BCUT2D eigenvalue weighted by Gasteiger charge is -2.04. The fraction of sp³-hybridized carbons (Fsp3) is 0.692. The molecule has 0 spiro atoms. The summed E-state index contributed by atoms with van der Waals surface area (Å²) in [5.41, 5.74) is 2.46. The van der Waals surface area contributed by atoms with Crippen molar-refractivity contribution in [1.82, 2.24) is 15.0 Å². The first kappa shape index (κ1) is 12.9. The zero-order valence-corrected chi connectivity index (χ0v) is 10.9. The van der Waals surface area contributed by atoms with E-state index >= 15 is 0 Å². The molecular formula is C13H23N3. The van der Waals surface area contributed by atoms with Crippen molar-refractivity contribution < 1.29 is 0 Å². The molecule has 3 heteroatoms. The van der Waals surface area contributed by atoms with Crippen LogP contribution >= 0.6 is 0 Å². The standard InChI is InChI=1S/C13H23N3/c1-11(2)7-5-6-8-13-9-14-15-16(13)10-12(3)4/h9-11H,5-8H2,1-4H3. The van der Waals surface area contributed by atoms with Crippen LogP contribution in [-0.4, -0.2) is 15.0 Å². The Morgan fingerprint density at radius 2 is 2.12 bits per heavy atom. The third-order valence-electron chi connectivity index (χ3n) is 2.49. The van der Waals surface area contributed by atoms with Gasteiger partial charge in [-0.2, -0.15) is 0 Å². The Balaban J connectivity index is 2.42. The first-order chi connectivity index (χ1) is 7.59. The van der Waals surface area contributed by atoms with E-state index in [1.807, 2.05) is 17.1 Å². The molecule has 0 radical (unpaired) electrons. The third kappa shape index (κ3) is 4.60. The highest BCUT2D eigenvalue weighted by Crippen LogP contribution is 2.10. The molecule has 1 rings (SSSR count). The van der Waals surface area contributed by atoms with Crippen LogP contribution in [0.5, 0.6) is 0 Å². The second kappa shape index (κ2) is 6.46. The van der Waals surface area contributed by atoms with Gasteiger partial charge in [-0.15, -0.1) is 5.10 Å². The Bertz CT molecular complexity index is 333. The van der Waals surface area contributed by atoms with E-state index < -0.39 is 0 Å². The van der Waals surface area contributed by atoms with Crippen molar-refractivity contribution >= 4 is 6.20 Å². The van der Waals surface area contributed by atoms with Gasteiger partial charge in [-0.1, -0.05) is 37.5 Å². The van der Waals surface area contributed by atoms with Gasteiger partial charge in [-0.25, -0.2) is 4.68 Å². The molecule has 1 heterocycles. The van der Waals surface area contributed by atoms with Crippen molar-refractivity contribution in [2.24, 2.45) is 5.92 Å². The minimum atomic E-state index is 0.806. The fourth-order valence-electron chi connectivity index (χ4n) is 1.66. The monoisotopic (exact) mass is 221 g/mol. The van der Waals surface area contributed by atoms with Crippen LogP contribution in [0.2, 0.25) is 0 Å². The lowest BCUT2D eigenvalue weighted by molar-refractivity contribution is 0.535. The molecule has 1 aromatic heterocycles. The highest BCUT2D eigenvalue weighted by atomic mass is 15.4. The summed E-state index contributed by atoms with van der Waals surface area (Å²) in [6.45, 7) is 8.69.